The molecule has 0 aliphatic heterocycles. The van der Waals surface area contributed by atoms with Gasteiger partial charge in [-0.05, 0) is 12.3 Å². The molecule has 1 atom stereocenters. The minimum atomic E-state index is -1.06. The lowest BCUT2D eigenvalue weighted by Crippen LogP contribution is -2.43. The first-order valence-electron chi connectivity index (χ1n) is 4.18. The van der Waals surface area contributed by atoms with Gasteiger partial charge >= 0.3 is 5.97 Å². The van der Waals surface area contributed by atoms with Crippen LogP contribution in [0.5, 0.6) is 0 Å². The van der Waals surface area contributed by atoms with Crippen LogP contribution in [0.25, 0.3) is 0 Å². The van der Waals surface area contributed by atoms with Gasteiger partial charge in [-0.3, -0.25) is 9.59 Å². The molecule has 0 aromatic heterocycles. The molecule has 0 bridgehead atoms. The molecule has 13 heavy (non-hydrogen) atoms. The van der Waals surface area contributed by atoms with Crippen LogP contribution in [-0.4, -0.2) is 29.6 Å². The van der Waals surface area contributed by atoms with Crippen molar-refractivity contribution in [3.63, 3.8) is 0 Å². The SMILES string of the molecule is CC(C)CC(N)C(=O)NC[11C](=O)O. The van der Waals surface area contributed by atoms with Crippen molar-refractivity contribution in [2.45, 2.75) is 26.3 Å². The van der Waals surface area contributed by atoms with Crippen LogP contribution in [0, 0.1) is 5.92 Å². The second kappa shape index (κ2) is 5.53. The van der Waals surface area contributed by atoms with Crippen molar-refractivity contribution < 1.29 is 14.7 Å². The summed E-state index contributed by atoms with van der Waals surface area (Å²) in [5, 5.41) is 10.5. The Labute approximate surface area is 77.3 Å². The van der Waals surface area contributed by atoms with Crippen molar-refractivity contribution in [3.8, 4) is 0 Å². The number of hydrogen-bond acceptors (Lipinski definition) is 3. The number of carboxylic acids is 1. The van der Waals surface area contributed by atoms with Crippen LogP contribution in [0.1, 0.15) is 20.3 Å². The smallest absolute Gasteiger partial charge is 0.322 e. The maximum atomic E-state index is 11.1. The van der Waals surface area contributed by atoms with Gasteiger partial charge in [0.25, 0.3) is 0 Å². The number of carbonyl (C=O) groups is 2. The first-order chi connectivity index (χ1) is 5.93. The van der Waals surface area contributed by atoms with Gasteiger partial charge in [-0.1, -0.05) is 13.8 Å². The molecule has 0 radical (unpaired) electrons. The normalized spacial score (nSPS) is 12.6. The summed E-state index contributed by atoms with van der Waals surface area (Å²) >= 11 is 0. The molecule has 0 heterocycles. The molecule has 0 spiro atoms. The van der Waals surface area contributed by atoms with Gasteiger partial charge in [-0.25, -0.2) is 0 Å². The predicted molar refractivity (Wildman–Crippen MR) is 48.1 cm³/mol. The topological polar surface area (TPSA) is 92.4 Å². The summed E-state index contributed by atoms with van der Waals surface area (Å²) < 4.78 is 0. The second-order valence-corrected chi connectivity index (χ2v) is 3.35. The summed E-state index contributed by atoms with van der Waals surface area (Å²) in [6.07, 6.45) is 0.561. The van der Waals surface area contributed by atoms with E-state index >= 15 is 0 Å². The summed E-state index contributed by atoms with van der Waals surface area (Å²) in [4.78, 5) is 21.2. The first-order valence-corrected chi connectivity index (χ1v) is 4.18. The molecule has 4 N–H and O–H groups in total. The number of rotatable bonds is 5. The average molecular weight is 187 g/mol. The Balaban J connectivity index is 3.76. The zero-order valence-corrected chi connectivity index (χ0v) is 7.91. The molecule has 0 aliphatic rings. The van der Waals surface area contributed by atoms with Gasteiger partial charge in [0.1, 0.15) is 6.54 Å². The van der Waals surface area contributed by atoms with Crippen molar-refractivity contribution in [1.29, 1.82) is 0 Å². The number of nitrogens with two attached hydrogens (primary N) is 1. The second-order valence-electron chi connectivity index (χ2n) is 3.35. The molecular weight excluding hydrogens is 171 g/mol. The third-order valence-electron chi connectivity index (χ3n) is 1.48. The quantitative estimate of drug-likeness (QED) is 0.544. The number of hydrogen-bond donors (Lipinski definition) is 3. The monoisotopic (exact) mass is 187 g/mol. The fourth-order valence-corrected chi connectivity index (χ4v) is 0.909. The highest BCUT2D eigenvalue weighted by Gasteiger charge is 2.14. The van der Waals surface area contributed by atoms with E-state index in [9.17, 15) is 9.59 Å². The van der Waals surface area contributed by atoms with Crippen LogP contribution in [0.4, 0.5) is 0 Å². The summed E-state index contributed by atoms with van der Waals surface area (Å²) in [6.45, 7) is 3.53. The fourth-order valence-electron chi connectivity index (χ4n) is 0.909. The number of aliphatic carboxylic acids is 1. The van der Waals surface area contributed by atoms with E-state index in [1.54, 1.807) is 0 Å². The molecule has 0 aromatic rings. The van der Waals surface area contributed by atoms with Crippen LogP contribution in [0.3, 0.4) is 0 Å². The maximum Gasteiger partial charge on any atom is 0.322 e. The molecular formula is C8H16N2O3. The van der Waals surface area contributed by atoms with Gasteiger partial charge in [0, 0.05) is 0 Å². The van der Waals surface area contributed by atoms with E-state index in [2.05, 4.69) is 5.32 Å². The lowest BCUT2D eigenvalue weighted by atomic mass is 10.0. The Kier molecular flexibility index (Phi) is 5.06. The number of amides is 1. The minimum absolute atomic E-state index is 0.325. The fraction of sp³-hybridized carbons (Fsp3) is 0.750. The maximum absolute atomic E-state index is 11.1. The van der Waals surface area contributed by atoms with Gasteiger partial charge in [0.05, 0.1) is 6.04 Å². The van der Waals surface area contributed by atoms with E-state index in [1.165, 1.54) is 0 Å². The lowest BCUT2D eigenvalue weighted by molar-refractivity contribution is -0.138. The summed E-state index contributed by atoms with van der Waals surface area (Å²) in [6, 6.07) is -0.612. The van der Waals surface area contributed by atoms with Crippen molar-refractivity contribution in [2.24, 2.45) is 11.7 Å². The van der Waals surface area contributed by atoms with Gasteiger partial charge in [-0.15, -0.1) is 0 Å². The average Bonchev–Trinajstić information content (AvgIpc) is 1.98. The predicted octanol–water partition coefficient (Wildman–Crippen LogP) is -0.439. The van der Waals surface area contributed by atoms with E-state index in [0.29, 0.717) is 12.3 Å². The molecule has 0 aromatic carbocycles. The third kappa shape index (κ3) is 6.10. The Hall–Kier alpha value is -1.10. The van der Waals surface area contributed by atoms with Crippen molar-refractivity contribution in [1.82, 2.24) is 5.32 Å². The van der Waals surface area contributed by atoms with E-state index in [4.69, 9.17) is 10.8 Å². The third-order valence-corrected chi connectivity index (χ3v) is 1.48. The van der Waals surface area contributed by atoms with E-state index in [1.807, 2.05) is 13.8 Å². The Morgan fingerprint density at radius 3 is 2.38 bits per heavy atom. The van der Waals surface area contributed by atoms with E-state index in [0.717, 1.165) is 0 Å². The first kappa shape index (κ1) is 11.9. The Morgan fingerprint density at radius 1 is 1.46 bits per heavy atom. The van der Waals surface area contributed by atoms with Crippen LogP contribution >= 0.6 is 0 Å². The molecule has 76 valence electrons. The Bertz CT molecular complexity index is 192. The molecule has 5 heteroatoms. The summed E-state index contributed by atoms with van der Waals surface area (Å²) in [7, 11) is 0. The van der Waals surface area contributed by atoms with Gasteiger partial charge in [0.15, 0.2) is 0 Å². The largest absolute Gasteiger partial charge is 0.480 e. The molecule has 0 rings (SSSR count). The van der Waals surface area contributed by atoms with Gasteiger partial charge < -0.3 is 16.2 Å². The van der Waals surface area contributed by atoms with Gasteiger partial charge in [-0.2, -0.15) is 0 Å². The van der Waals surface area contributed by atoms with Crippen molar-refractivity contribution >= 4 is 11.9 Å². The van der Waals surface area contributed by atoms with Crippen LogP contribution in [-0.2, 0) is 9.59 Å². The molecule has 0 aliphatic carbocycles. The molecule has 5 nitrogen and oxygen atoms in total. The lowest BCUT2D eigenvalue weighted by Gasteiger charge is -2.12. The van der Waals surface area contributed by atoms with Crippen LogP contribution < -0.4 is 11.1 Å². The highest BCUT2D eigenvalue weighted by atomic mass is 16.3. The van der Waals surface area contributed by atoms with Crippen LogP contribution in [0.2, 0.25) is 0 Å². The van der Waals surface area contributed by atoms with Crippen molar-refractivity contribution in [3.05, 3.63) is 0 Å². The summed E-state index contributed by atoms with van der Waals surface area (Å²) in [5.74, 6) is -1.15. The number of nitrogens with one attached hydrogen (secondary N) is 1. The molecule has 0 saturated carbocycles. The van der Waals surface area contributed by atoms with Crippen molar-refractivity contribution in [2.75, 3.05) is 6.54 Å². The van der Waals surface area contributed by atoms with E-state index < -0.39 is 17.9 Å². The number of carbonyl (C=O) groups excluding carboxylic acids is 1. The molecule has 1 unspecified atom stereocenters. The zero-order valence-electron chi connectivity index (χ0n) is 7.91. The molecule has 1 amide bonds. The highest BCUT2D eigenvalue weighted by Crippen LogP contribution is 2.01. The van der Waals surface area contributed by atoms with Crippen LogP contribution in [0.15, 0.2) is 0 Å². The Morgan fingerprint density at radius 2 is 2.00 bits per heavy atom. The molecule has 0 saturated heterocycles. The number of carboxylic acid groups (broad SMARTS) is 1. The zero-order chi connectivity index (χ0) is 10.4. The molecule has 0 fully saturated rings. The highest BCUT2D eigenvalue weighted by molar-refractivity contribution is 5.84. The summed E-state index contributed by atoms with van der Waals surface area (Å²) in [5.41, 5.74) is 5.50. The minimum Gasteiger partial charge on any atom is -0.480 e. The van der Waals surface area contributed by atoms with E-state index in [-0.39, 0.29) is 6.54 Å². The van der Waals surface area contributed by atoms with Gasteiger partial charge in [0.2, 0.25) is 5.91 Å². The standard InChI is InChI=1S/C8H16N2O3/c1-5(2)3-6(9)8(13)10-4-7(11)12/h5-6H,3-4,9H2,1-2H3,(H,10,13)(H,11,12)/i7-1.